The van der Waals surface area contributed by atoms with Gasteiger partial charge in [0.1, 0.15) is 36.0 Å². The van der Waals surface area contributed by atoms with Gasteiger partial charge in [0.15, 0.2) is 10.8 Å². The number of nitrogens with zero attached hydrogens (tertiary/aromatic N) is 3. The van der Waals surface area contributed by atoms with Gasteiger partial charge in [0, 0.05) is 23.6 Å². The number of carboxylic acid groups (broad SMARTS) is 2. The van der Waals surface area contributed by atoms with Crippen LogP contribution in [0.2, 0.25) is 0 Å². The van der Waals surface area contributed by atoms with Gasteiger partial charge in [-0.3, -0.25) is 24.1 Å². The molecule has 0 bridgehead atoms. The summed E-state index contributed by atoms with van der Waals surface area (Å²) in [5.74, 6) is -5.33. The number of carbonyl (C=O) groups excluding carboxylic acids is 3. The van der Waals surface area contributed by atoms with Gasteiger partial charge in [-0.1, -0.05) is 5.16 Å². The van der Waals surface area contributed by atoms with E-state index in [-0.39, 0.29) is 46.8 Å². The van der Waals surface area contributed by atoms with Gasteiger partial charge in [-0.15, -0.1) is 23.1 Å². The summed E-state index contributed by atoms with van der Waals surface area (Å²) in [5, 5.41) is 25.7. The minimum Gasteiger partial charge on any atom is -0.481 e. The Kier molecular flexibility index (Phi) is 7.96. The molecular formula is C19H21N5O9S2. The lowest BCUT2D eigenvalue weighted by Gasteiger charge is -2.49. The molecule has 3 heterocycles. The number of anilines is 1. The molecule has 14 nitrogen and oxygen atoms in total. The number of thioether (sulfide) groups is 1. The highest BCUT2D eigenvalue weighted by atomic mass is 32.2. The molecule has 16 heteroatoms. The average molecular weight is 528 g/mol. The number of hydrogen-bond acceptors (Lipinski definition) is 12. The maximum Gasteiger partial charge on any atom is 0.352 e. The van der Waals surface area contributed by atoms with Crippen LogP contribution in [0.3, 0.4) is 0 Å². The molecule has 3 unspecified atom stereocenters. The first-order valence-corrected chi connectivity index (χ1v) is 11.9. The number of aliphatic carboxylic acids is 2. The molecule has 0 saturated carbocycles. The number of esters is 1. The van der Waals surface area contributed by atoms with Gasteiger partial charge in [0.2, 0.25) is 0 Å². The predicted molar refractivity (Wildman–Crippen MR) is 122 cm³/mol. The van der Waals surface area contributed by atoms with Gasteiger partial charge in [-0.2, -0.15) is 0 Å². The summed E-state index contributed by atoms with van der Waals surface area (Å²) < 4.78 is 4.88. The first kappa shape index (κ1) is 26.0. The third-order valence-electron chi connectivity index (χ3n) is 4.87. The van der Waals surface area contributed by atoms with Crippen LogP contribution >= 0.6 is 23.1 Å². The summed E-state index contributed by atoms with van der Waals surface area (Å²) in [6.07, 6.45) is 0. The summed E-state index contributed by atoms with van der Waals surface area (Å²) in [5.41, 5.74) is 5.32. The second kappa shape index (κ2) is 10.7. The number of nitrogens with two attached hydrogens (primary N) is 1. The molecule has 1 saturated heterocycles. The fourth-order valence-electron chi connectivity index (χ4n) is 3.08. The average Bonchev–Trinajstić information content (AvgIpc) is 3.23. The van der Waals surface area contributed by atoms with Crippen LogP contribution < -0.4 is 11.1 Å². The van der Waals surface area contributed by atoms with Crippen molar-refractivity contribution in [2.75, 3.05) is 24.7 Å². The molecule has 3 atom stereocenters. The highest BCUT2D eigenvalue weighted by Crippen LogP contribution is 2.40. The van der Waals surface area contributed by atoms with Gasteiger partial charge in [-0.25, -0.2) is 9.78 Å². The number of fused-ring (bicyclic) bond motifs is 1. The van der Waals surface area contributed by atoms with Gasteiger partial charge in [0.25, 0.3) is 11.8 Å². The van der Waals surface area contributed by atoms with Crippen molar-refractivity contribution in [1.29, 1.82) is 0 Å². The zero-order valence-electron chi connectivity index (χ0n) is 18.4. The number of amides is 2. The number of ether oxygens (including phenoxy) is 1. The highest BCUT2D eigenvalue weighted by Gasteiger charge is 2.54. The van der Waals surface area contributed by atoms with E-state index in [1.165, 1.54) is 31.0 Å². The molecule has 1 fully saturated rings. The number of aromatic nitrogens is 1. The number of oxime groups is 1. The van der Waals surface area contributed by atoms with Crippen LogP contribution in [0.15, 0.2) is 21.8 Å². The van der Waals surface area contributed by atoms with E-state index in [2.05, 4.69) is 15.5 Å². The Bertz CT molecular complexity index is 1130. The quantitative estimate of drug-likeness (QED) is 0.131. The first-order chi connectivity index (χ1) is 16.5. The topological polar surface area (TPSA) is 211 Å². The van der Waals surface area contributed by atoms with Crippen molar-refractivity contribution in [1.82, 2.24) is 15.2 Å². The van der Waals surface area contributed by atoms with Crippen LogP contribution in [0.5, 0.6) is 0 Å². The molecule has 0 spiro atoms. The molecule has 35 heavy (non-hydrogen) atoms. The van der Waals surface area contributed by atoms with Crippen LogP contribution in [0, 0.1) is 5.92 Å². The second-order valence-corrected chi connectivity index (χ2v) is 9.44. The lowest BCUT2D eigenvalue weighted by Crippen LogP contribution is -2.71. The zero-order chi connectivity index (χ0) is 25.9. The number of hydrogen-bond donors (Lipinski definition) is 4. The molecule has 0 aromatic carbocycles. The Hall–Kier alpha value is -3.66. The van der Waals surface area contributed by atoms with E-state index < -0.39 is 47.1 Å². The van der Waals surface area contributed by atoms with Gasteiger partial charge in [-0.05, 0) is 6.92 Å². The van der Waals surface area contributed by atoms with Gasteiger partial charge in [0.05, 0.1) is 5.92 Å². The largest absolute Gasteiger partial charge is 0.481 e. The number of rotatable bonds is 10. The summed E-state index contributed by atoms with van der Waals surface area (Å²) in [6, 6.07) is -1.07. The van der Waals surface area contributed by atoms with E-state index in [0.717, 1.165) is 16.2 Å². The van der Waals surface area contributed by atoms with Gasteiger partial charge < -0.3 is 30.8 Å². The first-order valence-electron chi connectivity index (χ1n) is 9.99. The fourth-order valence-corrected chi connectivity index (χ4v) is 4.95. The van der Waals surface area contributed by atoms with Gasteiger partial charge >= 0.3 is 17.9 Å². The summed E-state index contributed by atoms with van der Waals surface area (Å²) >= 11 is 2.22. The molecule has 2 amide bonds. The monoisotopic (exact) mass is 527 g/mol. The van der Waals surface area contributed by atoms with Crippen LogP contribution in [0.4, 0.5) is 5.13 Å². The van der Waals surface area contributed by atoms with Crippen molar-refractivity contribution < 1.29 is 43.8 Å². The molecule has 5 N–H and O–H groups in total. The minimum atomic E-state index is -1.36. The Morgan fingerprint density at radius 1 is 1.37 bits per heavy atom. The van der Waals surface area contributed by atoms with E-state index in [9.17, 15) is 29.1 Å². The SMILES string of the molecule is CC(=O)OCC1=C(C(=O)O)N2C(=O)C(NC(=O)/C(=N\OCC(C)C(=O)O)c3csc(N)n3)C2SC1. The highest BCUT2D eigenvalue weighted by molar-refractivity contribution is 8.00. The molecule has 1 aromatic heterocycles. The number of carbonyl (C=O) groups is 5. The van der Waals surface area contributed by atoms with Crippen LogP contribution in [0.25, 0.3) is 0 Å². The normalized spacial score (nSPS) is 20.5. The molecule has 2 aliphatic heterocycles. The molecule has 188 valence electrons. The van der Waals surface area contributed by atoms with Crippen LogP contribution in [0.1, 0.15) is 19.5 Å². The smallest absolute Gasteiger partial charge is 0.352 e. The standard InChI is InChI=1S/C19H21N5O9S2/c1-7(17(28)29)3-33-23-11(10-6-35-19(20)21-10)14(26)22-12-15(27)24-13(18(30)31)9(4-32-8(2)25)5-34-16(12)24/h6-7,12,16H,3-5H2,1-2H3,(H2,20,21)(H,22,26)(H,28,29)(H,30,31)/b23-11-. The summed E-state index contributed by atoms with van der Waals surface area (Å²) in [7, 11) is 0. The van der Waals surface area contributed by atoms with Crippen molar-refractivity contribution >= 4 is 63.7 Å². The Balaban J connectivity index is 1.77. The van der Waals surface area contributed by atoms with Crippen LogP contribution in [-0.4, -0.2) is 85.9 Å². The maximum atomic E-state index is 13.0. The van der Waals surface area contributed by atoms with Crippen molar-refractivity contribution in [2.24, 2.45) is 11.1 Å². The molecule has 0 aliphatic carbocycles. The number of thiazole rings is 1. The van der Waals surface area contributed by atoms with Crippen molar-refractivity contribution in [2.45, 2.75) is 25.3 Å². The molecule has 3 rings (SSSR count). The fraction of sp³-hybridized carbons (Fsp3) is 0.421. The lowest BCUT2D eigenvalue weighted by atomic mass is 10.0. The number of carboxylic acids is 2. The Labute approximate surface area is 206 Å². The predicted octanol–water partition coefficient (Wildman–Crippen LogP) is -0.532. The third kappa shape index (κ3) is 5.71. The van der Waals surface area contributed by atoms with E-state index in [0.29, 0.717) is 0 Å². The maximum absolute atomic E-state index is 13.0. The van der Waals surface area contributed by atoms with Crippen molar-refractivity contribution in [3.05, 3.63) is 22.3 Å². The number of nitrogen functional groups attached to an aromatic ring is 1. The Morgan fingerprint density at radius 2 is 2.09 bits per heavy atom. The van der Waals surface area contributed by atoms with Crippen molar-refractivity contribution in [3.8, 4) is 0 Å². The molecular weight excluding hydrogens is 506 g/mol. The molecule has 1 aromatic rings. The third-order valence-corrected chi connectivity index (χ3v) is 6.88. The number of β-lactam (4-membered cyclic amide) rings is 1. The van der Waals surface area contributed by atoms with E-state index in [4.69, 9.17) is 20.4 Å². The van der Waals surface area contributed by atoms with E-state index >= 15 is 0 Å². The summed E-state index contributed by atoms with van der Waals surface area (Å²) in [6.45, 7) is 1.98. The van der Waals surface area contributed by atoms with E-state index in [1.54, 1.807) is 0 Å². The molecule has 2 aliphatic rings. The van der Waals surface area contributed by atoms with Crippen LogP contribution in [-0.2, 0) is 33.5 Å². The summed E-state index contributed by atoms with van der Waals surface area (Å²) in [4.78, 5) is 69.7. The minimum absolute atomic E-state index is 0.0580. The van der Waals surface area contributed by atoms with E-state index in [1.807, 2.05) is 0 Å². The molecule has 0 radical (unpaired) electrons. The lowest BCUT2D eigenvalue weighted by molar-refractivity contribution is -0.150. The Morgan fingerprint density at radius 3 is 2.66 bits per heavy atom. The van der Waals surface area contributed by atoms with Crippen molar-refractivity contribution in [3.63, 3.8) is 0 Å². The second-order valence-electron chi connectivity index (χ2n) is 7.44. The number of nitrogens with one attached hydrogen (secondary N) is 1. The zero-order valence-corrected chi connectivity index (χ0v) is 20.1.